The maximum Gasteiger partial charge on any atom is 0.262 e. The van der Waals surface area contributed by atoms with Crippen LogP contribution in [0.1, 0.15) is 58.0 Å². The van der Waals surface area contributed by atoms with Gasteiger partial charge in [0.15, 0.2) is 0 Å². The van der Waals surface area contributed by atoms with Crippen molar-refractivity contribution in [1.82, 2.24) is 4.90 Å². The summed E-state index contributed by atoms with van der Waals surface area (Å²) < 4.78 is 0. The van der Waals surface area contributed by atoms with Crippen LogP contribution in [-0.2, 0) is 4.79 Å². The van der Waals surface area contributed by atoms with Crippen molar-refractivity contribution in [3.63, 3.8) is 0 Å². The van der Waals surface area contributed by atoms with Crippen LogP contribution in [0.2, 0.25) is 0 Å². The predicted molar refractivity (Wildman–Crippen MR) is 118 cm³/mol. The molecule has 6 heteroatoms. The molecular formula is C23H26N2O3S. The molecule has 152 valence electrons. The lowest BCUT2D eigenvalue weighted by Gasteiger charge is -2.26. The molecule has 3 rings (SSSR count). The Morgan fingerprint density at radius 2 is 1.66 bits per heavy atom. The maximum absolute atomic E-state index is 13.3. The van der Waals surface area contributed by atoms with Crippen molar-refractivity contribution in [3.8, 4) is 0 Å². The molecule has 0 saturated heterocycles. The van der Waals surface area contributed by atoms with Gasteiger partial charge in [0.05, 0.1) is 11.1 Å². The number of carbonyl (C=O) groups excluding carboxylic acids is 3. The van der Waals surface area contributed by atoms with E-state index in [1.807, 2.05) is 31.4 Å². The van der Waals surface area contributed by atoms with Gasteiger partial charge in [0.25, 0.3) is 11.8 Å². The third-order valence-corrected chi connectivity index (χ3v) is 5.85. The number of thioether (sulfide) groups is 1. The first kappa shape index (κ1) is 21.1. The second-order valence-corrected chi connectivity index (χ2v) is 8.49. The molecule has 0 saturated carbocycles. The monoisotopic (exact) mass is 410 g/mol. The third-order valence-electron chi connectivity index (χ3n) is 5.21. The summed E-state index contributed by atoms with van der Waals surface area (Å²) in [5.41, 5.74) is 3.47. The van der Waals surface area contributed by atoms with E-state index in [1.165, 1.54) is 0 Å². The van der Waals surface area contributed by atoms with Gasteiger partial charge in [-0.2, -0.15) is 11.8 Å². The van der Waals surface area contributed by atoms with Crippen LogP contribution in [-0.4, -0.2) is 40.7 Å². The number of amides is 3. The van der Waals surface area contributed by atoms with E-state index in [2.05, 4.69) is 19.2 Å². The lowest BCUT2D eigenvalue weighted by atomic mass is 9.98. The second kappa shape index (κ2) is 8.82. The fraction of sp³-hybridized carbons (Fsp3) is 0.348. The minimum atomic E-state index is -0.852. The molecule has 0 aromatic heterocycles. The lowest BCUT2D eigenvalue weighted by molar-refractivity contribution is -0.120. The van der Waals surface area contributed by atoms with E-state index >= 15 is 0 Å². The first-order chi connectivity index (χ1) is 13.9. The molecule has 0 spiro atoms. The standard InChI is InChI=1S/C23H26N2O3S/c1-14(2)16-11-7-8-15(3)20(16)24-21(26)19(12-13-29-4)25-22(27)17-9-5-6-10-18(17)23(25)28/h5-11,14,19H,12-13H2,1-4H3,(H,24,26)/t19-/m1/s1. The normalized spacial score (nSPS) is 14.3. The van der Waals surface area contributed by atoms with E-state index in [0.717, 1.165) is 21.7 Å². The molecule has 1 aliphatic rings. The highest BCUT2D eigenvalue weighted by atomic mass is 32.2. The molecule has 5 nitrogen and oxygen atoms in total. The summed E-state index contributed by atoms with van der Waals surface area (Å²) in [5.74, 6) is -0.239. The van der Waals surface area contributed by atoms with E-state index in [1.54, 1.807) is 36.0 Å². The topological polar surface area (TPSA) is 66.5 Å². The molecule has 2 aromatic carbocycles. The number of aryl methyl sites for hydroxylation is 1. The zero-order valence-electron chi connectivity index (χ0n) is 17.2. The largest absolute Gasteiger partial charge is 0.324 e. The smallest absolute Gasteiger partial charge is 0.262 e. The molecule has 0 bridgehead atoms. The highest BCUT2D eigenvalue weighted by molar-refractivity contribution is 7.98. The van der Waals surface area contributed by atoms with Gasteiger partial charge >= 0.3 is 0 Å². The Labute approximate surface area is 175 Å². The maximum atomic E-state index is 13.3. The van der Waals surface area contributed by atoms with Gasteiger partial charge in [0.2, 0.25) is 5.91 Å². The number of fused-ring (bicyclic) bond motifs is 1. The predicted octanol–water partition coefficient (Wildman–Crippen LogP) is 4.47. The summed E-state index contributed by atoms with van der Waals surface area (Å²) in [5, 5.41) is 3.02. The van der Waals surface area contributed by atoms with Crippen molar-refractivity contribution < 1.29 is 14.4 Å². The molecule has 0 unspecified atom stereocenters. The van der Waals surface area contributed by atoms with E-state index in [-0.39, 0.29) is 11.8 Å². The van der Waals surface area contributed by atoms with Gasteiger partial charge in [-0.05, 0) is 54.5 Å². The summed E-state index contributed by atoms with van der Waals surface area (Å²) in [6.45, 7) is 6.08. The van der Waals surface area contributed by atoms with Gasteiger partial charge in [-0.1, -0.05) is 44.2 Å². The number of hydrogen-bond donors (Lipinski definition) is 1. The SMILES string of the molecule is CSCC[C@H](C(=O)Nc1c(C)cccc1C(C)C)N1C(=O)c2ccccc2C1=O. The quantitative estimate of drug-likeness (QED) is 0.684. The molecule has 1 N–H and O–H groups in total. The van der Waals surface area contributed by atoms with Gasteiger partial charge in [-0.3, -0.25) is 19.3 Å². The Kier molecular flexibility index (Phi) is 6.42. The van der Waals surface area contributed by atoms with Gasteiger partial charge in [-0.15, -0.1) is 0 Å². The van der Waals surface area contributed by atoms with Crippen LogP contribution in [0.4, 0.5) is 5.69 Å². The van der Waals surface area contributed by atoms with E-state index in [4.69, 9.17) is 0 Å². The number of para-hydroxylation sites is 1. The summed E-state index contributed by atoms with van der Waals surface area (Å²) in [4.78, 5) is 40.3. The minimum absolute atomic E-state index is 0.231. The molecule has 3 amide bonds. The van der Waals surface area contributed by atoms with Crippen molar-refractivity contribution in [2.45, 2.75) is 39.2 Å². The molecule has 2 aromatic rings. The summed E-state index contributed by atoms with van der Waals surface area (Å²) in [7, 11) is 0. The number of hydrogen-bond acceptors (Lipinski definition) is 4. The molecule has 29 heavy (non-hydrogen) atoms. The van der Waals surface area contributed by atoms with Gasteiger partial charge < -0.3 is 5.32 Å². The highest BCUT2D eigenvalue weighted by Gasteiger charge is 2.42. The van der Waals surface area contributed by atoms with Crippen LogP contribution in [0.25, 0.3) is 0 Å². The van der Waals surface area contributed by atoms with Crippen molar-refractivity contribution in [2.75, 3.05) is 17.3 Å². The van der Waals surface area contributed by atoms with Crippen LogP contribution in [0.15, 0.2) is 42.5 Å². The average molecular weight is 411 g/mol. The molecule has 0 aliphatic carbocycles. The Morgan fingerprint density at radius 3 is 2.21 bits per heavy atom. The van der Waals surface area contributed by atoms with E-state index < -0.39 is 17.9 Å². The number of imide groups is 1. The molecular weight excluding hydrogens is 384 g/mol. The zero-order chi connectivity index (χ0) is 21.1. The van der Waals surface area contributed by atoms with Crippen LogP contribution >= 0.6 is 11.8 Å². The van der Waals surface area contributed by atoms with Crippen molar-refractivity contribution >= 4 is 35.2 Å². The Hall–Kier alpha value is -2.60. The van der Waals surface area contributed by atoms with E-state index in [9.17, 15) is 14.4 Å². The highest BCUT2D eigenvalue weighted by Crippen LogP contribution is 2.30. The number of benzene rings is 2. The van der Waals surface area contributed by atoms with Gasteiger partial charge in [0.1, 0.15) is 6.04 Å². The summed E-state index contributed by atoms with van der Waals surface area (Å²) in [6.07, 6.45) is 2.34. The van der Waals surface area contributed by atoms with E-state index in [0.29, 0.717) is 23.3 Å². The zero-order valence-corrected chi connectivity index (χ0v) is 18.0. The molecule has 1 heterocycles. The van der Waals surface area contributed by atoms with Gasteiger partial charge in [-0.25, -0.2) is 0 Å². The first-order valence-electron chi connectivity index (χ1n) is 9.73. The van der Waals surface area contributed by atoms with Crippen molar-refractivity contribution in [3.05, 3.63) is 64.7 Å². The number of anilines is 1. The summed E-state index contributed by atoms with van der Waals surface area (Å²) in [6, 6.07) is 11.8. The number of nitrogens with one attached hydrogen (secondary N) is 1. The number of carbonyl (C=O) groups is 3. The Bertz CT molecular complexity index is 920. The molecule has 0 fully saturated rings. The van der Waals surface area contributed by atoms with Crippen LogP contribution in [0.3, 0.4) is 0 Å². The fourth-order valence-electron chi connectivity index (χ4n) is 3.65. The Morgan fingerprint density at radius 1 is 1.03 bits per heavy atom. The first-order valence-corrected chi connectivity index (χ1v) is 11.1. The fourth-order valence-corrected chi connectivity index (χ4v) is 4.11. The number of rotatable bonds is 7. The van der Waals surface area contributed by atoms with Crippen LogP contribution in [0, 0.1) is 6.92 Å². The second-order valence-electron chi connectivity index (χ2n) is 7.51. The number of nitrogens with zero attached hydrogens (tertiary/aromatic N) is 1. The van der Waals surface area contributed by atoms with Crippen molar-refractivity contribution in [1.29, 1.82) is 0 Å². The van der Waals surface area contributed by atoms with Crippen LogP contribution in [0.5, 0.6) is 0 Å². The summed E-state index contributed by atoms with van der Waals surface area (Å²) >= 11 is 1.58. The minimum Gasteiger partial charge on any atom is -0.324 e. The average Bonchev–Trinajstić information content (AvgIpc) is 2.95. The molecule has 0 radical (unpaired) electrons. The van der Waals surface area contributed by atoms with Gasteiger partial charge in [0, 0.05) is 5.69 Å². The third kappa shape index (κ3) is 4.08. The van der Waals surface area contributed by atoms with Crippen LogP contribution < -0.4 is 5.32 Å². The lowest BCUT2D eigenvalue weighted by Crippen LogP contribution is -2.47. The van der Waals surface area contributed by atoms with Crippen molar-refractivity contribution in [2.24, 2.45) is 0 Å². The molecule has 1 atom stereocenters. The Balaban J connectivity index is 1.94. The molecule has 1 aliphatic heterocycles.